The predicted molar refractivity (Wildman–Crippen MR) is 44.0 cm³/mol. The van der Waals surface area contributed by atoms with E-state index in [1.54, 1.807) is 18.3 Å². The number of nitrogens with zero attached hydrogens (tertiary/aromatic N) is 1. The maximum atomic E-state index is 10.5. The second kappa shape index (κ2) is 3.82. The fourth-order valence-electron chi connectivity index (χ4n) is 0.837. The second-order valence-corrected chi connectivity index (χ2v) is 2.50. The molecule has 0 bridgehead atoms. The highest BCUT2D eigenvalue weighted by Gasteiger charge is 2.10. The Hall–Kier alpha value is -1.42. The predicted octanol–water partition coefficient (Wildman–Crippen LogP) is -0.239. The van der Waals surface area contributed by atoms with E-state index >= 15 is 0 Å². The van der Waals surface area contributed by atoms with Crippen molar-refractivity contribution in [2.45, 2.75) is 12.5 Å². The Labute approximate surface area is 70.6 Å². The number of amides is 1. The van der Waals surface area contributed by atoms with Crippen LogP contribution >= 0.6 is 0 Å². The molecule has 0 aliphatic carbocycles. The third-order valence-electron chi connectivity index (χ3n) is 1.49. The van der Waals surface area contributed by atoms with Gasteiger partial charge in [-0.3, -0.25) is 15.5 Å². The van der Waals surface area contributed by atoms with Crippen LogP contribution in [0.3, 0.4) is 0 Å². The number of carbonyl (C=O) groups is 1. The van der Waals surface area contributed by atoms with E-state index < -0.39 is 11.9 Å². The normalized spacial score (nSPS) is 12.4. The van der Waals surface area contributed by atoms with Crippen molar-refractivity contribution in [3.05, 3.63) is 30.1 Å². The van der Waals surface area contributed by atoms with Crippen molar-refractivity contribution >= 4 is 5.91 Å². The topological polar surface area (TPSA) is 79.8 Å². The Kier molecular flexibility index (Phi) is 2.76. The zero-order valence-electron chi connectivity index (χ0n) is 6.53. The van der Waals surface area contributed by atoms with E-state index in [2.05, 4.69) is 4.98 Å². The fraction of sp³-hybridized carbons (Fsp3) is 0.250. The lowest BCUT2D eigenvalue weighted by Crippen LogP contribution is -2.33. The van der Waals surface area contributed by atoms with Crippen molar-refractivity contribution in [2.75, 3.05) is 0 Å². The van der Waals surface area contributed by atoms with Gasteiger partial charge in [0.1, 0.15) is 0 Å². The van der Waals surface area contributed by atoms with Gasteiger partial charge in [0.15, 0.2) is 0 Å². The zero-order chi connectivity index (χ0) is 8.97. The van der Waals surface area contributed by atoms with Gasteiger partial charge in [0.05, 0.1) is 6.04 Å². The van der Waals surface area contributed by atoms with Gasteiger partial charge < -0.3 is 5.73 Å². The first kappa shape index (κ1) is 8.67. The van der Waals surface area contributed by atoms with Crippen LogP contribution in [-0.4, -0.2) is 16.9 Å². The molecule has 1 amide bonds. The van der Waals surface area contributed by atoms with Crippen LogP contribution in [0.1, 0.15) is 5.69 Å². The van der Waals surface area contributed by atoms with Crippen molar-refractivity contribution < 1.29 is 4.79 Å². The summed E-state index contributed by atoms with van der Waals surface area (Å²) in [5, 5.41) is 0. The van der Waals surface area contributed by atoms with Gasteiger partial charge in [-0.2, -0.15) is 0 Å². The summed E-state index contributed by atoms with van der Waals surface area (Å²) >= 11 is 0. The molecule has 0 aliphatic heterocycles. The number of hydrogen-bond donors (Lipinski definition) is 1. The zero-order valence-corrected chi connectivity index (χ0v) is 6.53. The van der Waals surface area contributed by atoms with Crippen molar-refractivity contribution in [1.82, 2.24) is 10.7 Å². The largest absolute Gasteiger partial charge is 0.320 e. The molecular weight excluding hydrogens is 154 g/mol. The van der Waals surface area contributed by atoms with Gasteiger partial charge >= 0.3 is 0 Å². The molecule has 0 unspecified atom stereocenters. The van der Waals surface area contributed by atoms with Crippen molar-refractivity contribution in [2.24, 2.45) is 5.73 Å². The first-order chi connectivity index (χ1) is 5.70. The van der Waals surface area contributed by atoms with Crippen molar-refractivity contribution in [3.8, 4) is 0 Å². The number of nitrogens with one attached hydrogen (secondary N) is 1. The van der Waals surface area contributed by atoms with Crippen molar-refractivity contribution in [1.29, 1.82) is 0 Å². The molecule has 63 valence electrons. The average Bonchev–Trinajstić information content (AvgIpc) is 2.06. The molecule has 0 aliphatic rings. The molecule has 0 saturated heterocycles. The molecule has 0 aromatic carbocycles. The summed E-state index contributed by atoms with van der Waals surface area (Å²) in [5.41, 5.74) is 12.9. The molecular formula is C8H10N3O. The van der Waals surface area contributed by atoms with E-state index in [1.165, 1.54) is 0 Å². The summed E-state index contributed by atoms with van der Waals surface area (Å²) in [4.78, 5) is 14.4. The fourth-order valence-corrected chi connectivity index (χ4v) is 0.837. The van der Waals surface area contributed by atoms with Crippen LogP contribution in [0.2, 0.25) is 0 Å². The molecule has 1 aromatic rings. The maximum absolute atomic E-state index is 10.5. The van der Waals surface area contributed by atoms with E-state index in [9.17, 15) is 4.79 Å². The maximum Gasteiger partial charge on any atom is 0.255 e. The van der Waals surface area contributed by atoms with Crippen LogP contribution in [0.15, 0.2) is 24.4 Å². The molecule has 1 heterocycles. The first-order valence-electron chi connectivity index (χ1n) is 3.61. The first-order valence-corrected chi connectivity index (χ1v) is 3.61. The Bertz CT molecular complexity index is 260. The van der Waals surface area contributed by atoms with E-state index in [0.29, 0.717) is 6.42 Å². The summed E-state index contributed by atoms with van der Waals surface area (Å²) < 4.78 is 0. The van der Waals surface area contributed by atoms with Gasteiger partial charge in [-0.25, -0.2) is 0 Å². The summed E-state index contributed by atoms with van der Waals surface area (Å²) in [5.74, 6) is -0.749. The number of pyridine rings is 1. The van der Waals surface area contributed by atoms with Crippen LogP contribution in [0.25, 0.3) is 0 Å². The van der Waals surface area contributed by atoms with E-state index in [1.807, 2.05) is 6.07 Å². The lowest BCUT2D eigenvalue weighted by molar-refractivity contribution is -0.119. The molecule has 0 fully saturated rings. The van der Waals surface area contributed by atoms with Gasteiger partial charge in [-0.05, 0) is 12.1 Å². The number of carbonyl (C=O) groups excluding carboxylic acids is 1. The average molecular weight is 164 g/mol. The lowest BCUT2D eigenvalue weighted by Gasteiger charge is -2.04. The number of rotatable bonds is 3. The smallest absolute Gasteiger partial charge is 0.255 e. The highest BCUT2D eigenvalue weighted by molar-refractivity contribution is 5.79. The van der Waals surface area contributed by atoms with Gasteiger partial charge in [0, 0.05) is 18.3 Å². The van der Waals surface area contributed by atoms with Crippen LogP contribution < -0.4 is 11.5 Å². The van der Waals surface area contributed by atoms with Gasteiger partial charge in [-0.1, -0.05) is 6.07 Å². The minimum absolute atomic E-state index is 0.336. The number of aromatic nitrogens is 1. The standard InChI is InChI=1S/C8H10N3O/c9-7(8(10)12)5-6-3-1-2-4-11-6/h1-4,7,10H,5,9H2/t7-/m0/s1. The molecule has 0 spiro atoms. The summed E-state index contributed by atoms with van der Waals surface area (Å²) in [7, 11) is 0. The van der Waals surface area contributed by atoms with Gasteiger partial charge in [0.25, 0.3) is 5.91 Å². The Morgan fingerprint density at radius 2 is 2.42 bits per heavy atom. The minimum Gasteiger partial charge on any atom is -0.320 e. The Morgan fingerprint density at radius 1 is 1.67 bits per heavy atom. The van der Waals surface area contributed by atoms with Gasteiger partial charge in [-0.15, -0.1) is 0 Å². The lowest BCUT2D eigenvalue weighted by atomic mass is 10.1. The molecule has 12 heavy (non-hydrogen) atoms. The third-order valence-corrected chi connectivity index (χ3v) is 1.49. The van der Waals surface area contributed by atoms with E-state index in [-0.39, 0.29) is 0 Å². The van der Waals surface area contributed by atoms with E-state index in [0.717, 1.165) is 5.69 Å². The van der Waals surface area contributed by atoms with Crippen LogP contribution in [0, 0.1) is 0 Å². The van der Waals surface area contributed by atoms with Crippen LogP contribution in [0.4, 0.5) is 0 Å². The van der Waals surface area contributed by atoms with Crippen LogP contribution in [0.5, 0.6) is 0 Å². The molecule has 4 nitrogen and oxygen atoms in total. The summed E-state index contributed by atoms with van der Waals surface area (Å²) in [6.45, 7) is 0. The summed E-state index contributed by atoms with van der Waals surface area (Å²) in [6.07, 6.45) is 1.97. The number of hydrogen-bond acceptors (Lipinski definition) is 3. The minimum atomic E-state index is -0.750. The van der Waals surface area contributed by atoms with E-state index in [4.69, 9.17) is 11.5 Å². The Balaban J connectivity index is 2.58. The molecule has 1 aromatic heterocycles. The third kappa shape index (κ3) is 2.32. The molecule has 0 saturated carbocycles. The summed E-state index contributed by atoms with van der Waals surface area (Å²) in [6, 6.07) is 4.64. The molecule has 1 radical (unpaired) electrons. The number of nitrogens with two attached hydrogens (primary N) is 1. The molecule has 4 heteroatoms. The highest BCUT2D eigenvalue weighted by atomic mass is 16.1. The molecule has 1 rings (SSSR count). The van der Waals surface area contributed by atoms with Gasteiger partial charge in [0.2, 0.25) is 0 Å². The Morgan fingerprint density at radius 3 is 2.92 bits per heavy atom. The van der Waals surface area contributed by atoms with Crippen LogP contribution in [-0.2, 0) is 11.2 Å². The SMILES string of the molecule is [NH]C(=O)[C@@H](N)Cc1ccccn1. The molecule has 1 atom stereocenters. The highest BCUT2D eigenvalue weighted by Crippen LogP contribution is 1.96. The van der Waals surface area contributed by atoms with Crippen molar-refractivity contribution in [3.63, 3.8) is 0 Å². The second-order valence-electron chi connectivity index (χ2n) is 2.50. The quantitative estimate of drug-likeness (QED) is 0.669. The monoisotopic (exact) mass is 164 g/mol. The molecule has 3 N–H and O–H groups in total.